The molecule has 21 heavy (non-hydrogen) atoms. The van der Waals surface area contributed by atoms with Crippen LogP contribution in [0.4, 0.5) is 4.39 Å². The Morgan fingerprint density at radius 2 is 1.57 bits per heavy atom. The summed E-state index contributed by atoms with van der Waals surface area (Å²) in [4.78, 5) is 11.7. The summed E-state index contributed by atoms with van der Waals surface area (Å²) in [6, 6.07) is 16.5. The van der Waals surface area contributed by atoms with Crippen LogP contribution in [0.15, 0.2) is 54.6 Å². The largest absolute Gasteiger partial charge is 0.356 e. The van der Waals surface area contributed by atoms with Crippen LogP contribution in [-0.2, 0) is 17.6 Å². The highest BCUT2D eigenvalue weighted by atomic mass is 19.1. The molecule has 0 aliphatic heterocycles. The molecule has 0 heterocycles. The van der Waals surface area contributed by atoms with Crippen LogP contribution in [-0.4, -0.2) is 12.5 Å². The second kappa shape index (κ2) is 8.20. The van der Waals surface area contributed by atoms with E-state index in [4.69, 9.17) is 0 Å². The third kappa shape index (κ3) is 5.78. The van der Waals surface area contributed by atoms with Crippen molar-refractivity contribution in [3.8, 4) is 0 Å². The second-order valence-corrected chi connectivity index (χ2v) is 5.07. The number of amides is 1. The van der Waals surface area contributed by atoms with Crippen molar-refractivity contribution in [3.05, 3.63) is 71.5 Å². The van der Waals surface area contributed by atoms with Crippen LogP contribution < -0.4 is 5.32 Å². The lowest BCUT2D eigenvalue weighted by Crippen LogP contribution is -2.25. The number of hydrogen-bond acceptors (Lipinski definition) is 1. The molecular formula is C18H20FNO. The molecule has 0 aliphatic carbocycles. The maximum atomic E-state index is 12.8. The van der Waals surface area contributed by atoms with Crippen molar-refractivity contribution in [3.63, 3.8) is 0 Å². The third-order valence-electron chi connectivity index (χ3n) is 3.36. The topological polar surface area (TPSA) is 29.1 Å². The van der Waals surface area contributed by atoms with Gasteiger partial charge in [0.1, 0.15) is 5.82 Å². The number of aryl methyl sites for hydroxylation is 1. The minimum absolute atomic E-state index is 0.0769. The van der Waals surface area contributed by atoms with Gasteiger partial charge in [-0.05, 0) is 42.5 Å². The van der Waals surface area contributed by atoms with Gasteiger partial charge in [-0.2, -0.15) is 0 Å². The fourth-order valence-corrected chi connectivity index (χ4v) is 2.18. The Kier molecular flexibility index (Phi) is 5.95. The predicted octanol–water partition coefficient (Wildman–Crippen LogP) is 3.51. The number of carbonyl (C=O) groups is 1. The highest BCUT2D eigenvalue weighted by Gasteiger charge is 2.02. The molecule has 0 spiro atoms. The van der Waals surface area contributed by atoms with Gasteiger partial charge in [0, 0.05) is 13.0 Å². The highest BCUT2D eigenvalue weighted by Crippen LogP contribution is 2.07. The summed E-state index contributed by atoms with van der Waals surface area (Å²) >= 11 is 0. The summed E-state index contributed by atoms with van der Waals surface area (Å²) in [6.45, 7) is 0.666. The molecule has 110 valence electrons. The molecule has 0 fully saturated rings. The summed E-state index contributed by atoms with van der Waals surface area (Å²) in [5.74, 6) is -0.148. The summed E-state index contributed by atoms with van der Waals surface area (Å²) in [5, 5.41) is 2.93. The van der Waals surface area contributed by atoms with Gasteiger partial charge in [-0.15, -0.1) is 0 Å². The molecule has 0 saturated heterocycles. The van der Waals surface area contributed by atoms with Crippen molar-refractivity contribution in [1.82, 2.24) is 5.32 Å². The van der Waals surface area contributed by atoms with Crippen LogP contribution in [0.25, 0.3) is 0 Å². The Balaban J connectivity index is 1.60. The van der Waals surface area contributed by atoms with Crippen molar-refractivity contribution >= 4 is 5.91 Å². The number of nitrogens with one attached hydrogen (secondary N) is 1. The van der Waals surface area contributed by atoms with Crippen LogP contribution in [0.5, 0.6) is 0 Å². The predicted molar refractivity (Wildman–Crippen MR) is 82.5 cm³/mol. The fraction of sp³-hybridized carbons (Fsp3) is 0.278. The van der Waals surface area contributed by atoms with E-state index in [0.29, 0.717) is 13.0 Å². The Labute approximate surface area is 125 Å². The van der Waals surface area contributed by atoms with Gasteiger partial charge < -0.3 is 5.32 Å². The first-order chi connectivity index (χ1) is 10.2. The molecule has 2 aromatic rings. The Morgan fingerprint density at radius 1 is 0.905 bits per heavy atom. The Morgan fingerprint density at radius 3 is 2.29 bits per heavy atom. The molecule has 3 heteroatoms. The highest BCUT2D eigenvalue weighted by molar-refractivity contribution is 5.75. The number of hydrogen-bond donors (Lipinski definition) is 1. The molecule has 0 aromatic heterocycles. The SMILES string of the molecule is O=C(CCCc1ccc(F)cc1)NCCc1ccccc1. The molecule has 2 aromatic carbocycles. The Bertz CT molecular complexity index is 551. The molecule has 1 N–H and O–H groups in total. The van der Waals surface area contributed by atoms with Crippen LogP contribution in [0, 0.1) is 5.82 Å². The van der Waals surface area contributed by atoms with Crippen molar-refractivity contribution in [2.24, 2.45) is 0 Å². The van der Waals surface area contributed by atoms with Gasteiger partial charge in [0.05, 0.1) is 0 Å². The number of benzene rings is 2. The lowest BCUT2D eigenvalue weighted by molar-refractivity contribution is -0.121. The average Bonchev–Trinajstić information content (AvgIpc) is 2.50. The van der Waals surface area contributed by atoms with E-state index >= 15 is 0 Å². The minimum Gasteiger partial charge on any atom is -0.356 e. The van der Waals surface area contributed by atoms with E-state index in [1.165, 1.54) is 17.7 Å². The Hall–Kier alpha value is -2.16. The van der Waals surface area contributed by atoms with Gasteiger partial charge in [0.25, 0.3) is 0 Å². The molecule has 0 bridgehead atoms. The zero-order chi connectivity index (χ0) is 14.9. The first kappa shape index (κ1) is 15.2. The summed E-state index contributed by atoms with van der Waals surface area (Å²) in [7, 11) is 0. The van der Waals surface area contributed by atoms with Gasteiger partial charge in [0.2, 0.25) is 5.91 Å². The van der Waals surface area contributed by atoms with Crippen LogP contribution >= 0.6 is 0 Å². The number of rotatable bonds is 7. The maximum Gasteiger partial charge on any atom is 0.220 e. The van der Waals surface area contributed by atoms with Gasteiger partial charge in [-0.1, -0.05) is 42.5 Å². The van der Waals surface area contributed by atoms with Crippen molar-refractivity contribution in [2.45, 2.75) is 25.7 Å². The summed E-state index contributed by atoms with van der Waals surface area (Å²) in [6.07, 6.45) is 2.94. The molecule has 0 atom stereocenters. The molecule has 0 aliphatic rings. The minimum atomic E-state index is -0.225. The quantitative estimate of drug-likeness (QED) is 0.828. The number of carbonyl (C=O) groups excluding carboxylic acids is 1. The fourth-order valence-electron chi connectivity index (χ4n) is 2.18. The van der Waals surface area contributed by atoms with Crippen molar-refractivity contribution in [1.29, 1.82) is 0 Å². The van der Waals surface area contributed by atoms with E-state index in [9.17, 15) is 9.18 Å². The molecule has 0 saturated carbocycles. The normalized spacial score (nSPS) is 10.3. The molecule has 2 nitrogen and oxygen atoms in total. The molecule has 1 amide bonds. The van der Waals surface area contributed by atoms with Crippen LogP contribution in [0.1, 0.15) is 24.0 Å². The first-order valence-corrected chi connectivity index (χ1v) is 7.29. The summed E-state index contributed by atoms with van der Waals surface area (Å²) in [5.41, 5.74) is 2.29. The van der Waals surface area contributed by atoms with Crippen molar-refractivity contribution in [2.75, 3.05) is 6.54 Å². The zero-order valence-corrected chi connectivity index (χ0v) is 12.0. The smallest absolute Gasteiger partial charge is 0.220 e. The van der Waals surface area contributed by atoms with Gasteiger partial charge in [0.15, 0.2) is 0 Å². The monoisotopic (exact) mass is 285 g/mol. The maximum absolute atomic E-state index is 12.8. The molecule has 0 radical (unpaired) electrons. The van der Waals surface area contributed by atoms with E-state index in [-0.39, 0.29) is 11.7 Å². The lowest BCUT2D eigenvalue weighted by atomic mass is 10.1. The number of halogens is 1. The van der Waals surface area contributed by atoms with Gasteiger partial charge in [-0.3, -0.25) is 4.79 Å². The average molecular weight is 285 g/mol. The molecular weight excluding hydrogens is 265 g/mol. The van der Waals surface area contributed by atoms with E-state index in [1.807, 2.05) is 18.2 Å². The first-order valence-electron chi connectivity index (χ1n) is 7.29. The van der Waals surface area contributed by atoms with Crippen LogP contribution in [0.2, 0.25) is 0 Å². The van der Waals surface area contributed by atoms with E-state index in [1.54, 1.807) is 12.1 Å². The summed E-state index contributed by atoms with van der Waals surface area (Å²) < 4.78 is 12.8. The third-order valence-corrected chi connectivity index (χ3v) is 3.36. The standard InChI is InChI=1S/C18H20FNO/c19-17-11-9-16(10-12-17)7-4-8-18(21)20-14-13-15-5-2-1-3-6-15/h1-3,5-6,9-12H,4,7-8,13-14H2,(H,20,21). The second-order valence-electron chi connectivity index (χ2n) is 5.07. The van der Waals surface area contributed by atoms with Crippen LogP contribution in [0.3, 0.4) is 0 Å². The molecule has 0 unspecified atom stereocenters. The van der Waals surface area contributed by atoms with Crippen molar-refractivity contribution < 1.29 is 9.18 Å². The lowest BCUT2D eigenvalue weighted by Gasteiger charge is -2.05. The van der Waals surface area contributed by atoms with E-state index in [2.05, 4.69) is 17.4 Å². The van der Waals surface area contributed by atoms with Gasteiger partial charge in [-0.25, -0.2) is 4.39 Å². The van der Waals surface area contributed by atoms with E-state index in [0.717, 1.165) is 24.8 Å². The van der Waals surface area contributed by atoms with E-state index < -0.39 is 0 Å². The zero-order valence-electron chi connectivity index (χ0n) is 12.0. The van der Waals surface area contributed by atoms with Gasteiger partial charge >= 0.3 is 0 Å². The molecule has 2 rings (SSSR count).